The number of hydrogen-bond donors (Lipinski definition) is 2. The second kappa shape index (κ2) is 17.1. The number of carbonyl (C=O) groups is 1. The predicted octanol–water partition coefficient (Wildman–Crippen LogP) is 7.66. The first kappa shape index (κ1) is 42.0. The Morgan fingerprint density at radius 3 is 2.37 bits per heavy atom. The SMILES string of the molecule is CCS(=O)(=O)c1ccc(Oc2ccc(N3CC4(CCN(c5ccc(C(=O)N[C@H]6CC[C@H](Oc7ccc(C#N)c(Cl)c7)CC6)nn5)CC4)C3)cc2)c(-c2cn(C)c(=O)c3[nH]ccc23)c1. The molecule has 324 valence electrons. The van der Waals surface area contributed by atoms with Gasteiger partial charge in [-0.2, -0.15) is 5.26 Å². The molecule has 2 aliphatic heterocycles. The first-order valence-electron chi connectivity index (χ1n) is 21.2. The summed E-state index contributed by atoms with van der Waals surface area (Å²) in [7, 11) is -1.84. The molecule has 0 radical (unpaired) electrons. The van der Waals surface area contributed by atoms with Crippen LogP contribution in [-0.4, -0.2) is 78.2 Å². The van der Waals surface area contributed by atoms with Crippen molar-refractivity contribution in [2.45, 2.75) is 62.5 Å². The molecule has 14 nitrogen and oxygen atoms in total. The van der Waals surface area contributed by atoms with E-state index in [0.29, 0.717) is 55.6 Å². The number of benzene rings is 3. The fourth-order valence-electron chi connectivity index (χ4n) is 9.03. The van der Waals surface area contributed by atoms with Crippen LogP contribution in [0.2, 0.25) is 5.02 Å². The zero-order valence-electron chi connectivity index (χ0n) is 35.0. The summed E-state index contributed by atoms with van der Waals surface area (Å²) in [5.74, 6) is 2.23. The number of rotatable bonds is 11. The van der Waals surface area contributed by atoms with Crippen molar-refractivity contribution in [1.82, 2.24) is 25.1 Å². The van der Waals surface area contributed by atoms with Crippen molar-refractivity contribution in [3.8, 4) is 34.4 Å². The molecule has 2 N–H and O–H groups in total. The van der Waals surface area contributed by atoms with Crippen molar-refractivity contribution in [3.05, 3.63) is 118 Å². The number of aryl methyl sites for hydroxylation is 1. The number of nitriles is 1. The van der Waals surface area contributed by atoms with Crippen molar-refractivity contribution in [1.29, 1.82) is 5.26 Å². The van der Waals surface area contributed by atoms with Gasteiger partial charge in [-0.25, -0.2) is 8.42 Å². The van der Waals surface area contributed by atoms with E-state index >= 15 is 0 Å². The van der Waals surface area contributed by atoms with Crippen LogP contribution in [0.15, 0.2) is 101 Å². The standard InChI is InChI=1S/C47H47ClN8O6S/c1-3-63(59,60)36-14-16-42(38(25-36)39-27-54(2)46(58)44-37(39)18-21-50-44)62-34-12-7-32(8-13-34)56-28-47(29-56)19-22-55(23-20-47)43-17-15-41(52-53-43)45(57)51-31-5-10-33(11-6-31)61-35-9-4-30(26-49)40(48)24-35/h4,7-9,12-18,21,24-25,27,31,33,50H,3,5-6,10-11,19-20,22-23,28-29H2,1-2H3,(H,51,57)/t31-,33-. The minimum absolute atomic E-state index is 0.0154. The van der Waals surface area contributed by atoms with E-state index in [4.69, 9.17) is 26.3 Å². The second-order valence-electron chi connectivity index (χ2n) is 16.8. The summed E-state index contributed by atoms with van der Waals surface area (Å²) in [5, 5.41) is 22.0. The summed E-state index contributed by atoms with van der Waals surface area (Å²) in [6, 6.07) is 25.4. The van der Waals surface area contributed by atoms with Gasteiger partial charge in [0.1, 0.15) is 28.8 Å². The van der Waals surface area contributed by atoms with Crippen LogP contribution in [-0.2, 0) is 16.9 Å². The van der Waals surface area contributed by atoms with Gasteiger partial charge in [-0.05, 0) is 111 Å². The quantitative estimate of drug-likeness (QED) is 0.131. The lowest BCUT2D eigenvalue weighted by atomic mass is 9.71. The highest BCUT2D eigenvalue weighted by atomic mass is 35.5. The molecule has 1 saturated carbocycles. The number of halogens is 1. The number of aromatic amines is 1. The van der Waals surface area contributed by atoms with Gasteiger partial charge < -0.3 is 34.1 Å². The van der Waals surface area contributed by atoms with Gasteiger partial charge in [0, 0.05) is 85.3 Å². The van der Waals surface area contributed by atoms with Crippen LogP contribution in [0.5, 0.6) is 17.2 Å². The van der Waals surface area contributed by atoms with E-state index in [9.17, 15) is 18.0 Å². The fourth-order valence-corrected chi connectivity index (χ4v) is 10.1. The highest BCUT2D eigenvalue weighted by molar-refractivity contribution is 7.91. The molecule has 63 heavy (non-hydrogen) atoms. The number of carbonyl (C=O) groups excluding carboxylic acids is 1. The zero-order valence-corrected chi connectivity index (χ0v) is 36.6. The van der Waals surface area contributed by atoms with Gasteiger partial charge in [-0.1, -0.05) is 18.5 Å². The maximum atomic E-state index is 13.1. The monoisotopic (exact) mass is 886 g/mol. The number of nitrogens with zero attached hydrogens (tertiary/aromatic N) is 6. The average molecular weight is 887 g/mol. The number of hydrogen-bond acceptors (Lipinski definition) is 11. The molecule has 16 heteroatoms. The van der Waals surface area contributed by atoms with Crippen LogP contribution in [0.1, 0.15) is 61.5 Å². The van der Waals surface area contributed by atoms with Crippen molar-refractivity contribution >= 4 is 49.8 Å². The van der Waals surface area contributed by atoms with Crippen molar-refractivity contribution in [3.63, 3.8) is 0 Å². The Bertz CT molecular complexity index is 2890. The Morgan fingerprint density at radius 1 is 0.937 bits per heavy atom. The molecule has 5 heterocycles. The smallest absolute Gasteiger partial charge is 0.274 e. The lowest BCUT2D eigenvalue weighted by Crippen LogP contribution is -2.60. The zero-order chi connectivity index (χ0) is 43.9. The van der Waals surface area contributed by atoms with Crippen LogP contribution in [0, 0.1) is 16.7 Å². The average Bonchev–Trinajstić information content (AvgIpc) is 3.79. The predicted molar refractivity (Wildman–Crippen MR) is 242 cm³/mol. The minimum Gasteiger partial charge on any atom is -0.490 e. The van der Waals surface area contributed by atoms with E-state index in [1.54, 1.807) is 68.8 Å². The molecule has 9 rings (SSSR count). The van der Waals surface area contributed by atoms with E-state index < -0.39 is 9.84 Å². The summed E-state index contributed by atoms with van der Waals surface area (Å²) in [5.41, 5.74) is 3.54. The molecule has 3 aliphatic rings. The molecular weight excluding hydrogens is 840 g/mol. The number of H-pyrrole nitrogens is 1. The number of ether oxygens (including phenoxy) is 2. The summed E-state index contributed by atoms with van der Waals surface area (Å²) < 4.78 is 39.8. The fraction of sp³-hybridized carbons (Fsp3) is 0.340. The van der Waals surface area contributed by atoms with Crippen molar-refractivity contribution in [2.24, 2.45) is 12.5 Å². The number of fused-ring (bicyclic) bond motifs is 1. The van der Waals surface area contributed by atoms with E-state index in [1.165, 1.54) is 4.57 Å². The highest BCUT2D eigenvalue weighted by Crippen LogP contribution is 2.44. The van der Waals surface area contributed by atoms with E-state index in [0.717, 1.165) is 76.2 Å². The normalized spacial score (nSPS) is 18.4. The van der Waals surface area contributed by atoms with E-state index in [1.807, 2.05) is 36.4 Å². The van der Waals surface area contributed by atoms with Gasteiger partial charge in [-0.15, -0.1) is 10.2 Å². The van der Waals surface area contributed by atoms with Crippen LogP contribution in [0.3, 0.4) is 0 Å². The summed E-state index contributed by atoms with van der Waals surface area (Å²) in [4.78, 5) is 33.7. The molecule has 0 atom stereocenters. The van der Waals surface area contributed by atoms with Crippen LogP contribution in [0.4, 0.5) is 11.5 Å². The number of nitrogens with one attached hydrogen (secondary N) is 2. The van der Waals surface area contributed by atoms with Crippen molar-refractivity contribution < 1.29 is 22.7 Å². The molecule has 2 saturated heterocycles. The summed E-state index contributed by atoms with van der Waals surface area (Å²) in [6.07, 6.45) is 8.61. The highest BCUT2D eigenvalue weighted by Gasteiger charge is 2.45. The molecule has 3 aromatic carbocycles. The van der Waals surface area contributed by atoms with Crippen LogP contribution in [0.25, 0.3) is 22.0 Å². The summed E-state index contributed by atoms with van der Waals surface area (Å²) in [6.45, 7) is 5.21. The minimum atomic E-state index is -3.50. The Morgan fingerprint density at radius 2 is 1.68 bits per heavy atom. The topological polar surface area (TPSA) is 176 Å². The van der Waals surface area contributed by atoms with E-state index in [-0.39, 0.29) is 39.7 Å². The molecular formula is C47H47ClN8O6S. The molecule has 0 bridgehead atoms. The Kier molecular flexibility index (Phi) is 11.4. The molecule has 3 aromatic heterocycles. The second-order valence-corrected chi connectivity index (χ2v) is 19.5. The third-order valence-corrected chi connectivity index (χ3v) is 14.8. The Balaban J connectivity index is 0.768. The molecule has 1 aliphatic carbocycles. The molecule has 1 amide bonds. The number of amides is 1. The number of piperidine rings is 1. The molecule has 6 aromatic rings. The van der Waals surface area contributed by atoms with E-state index in [2.05, 4.69) is 36.4 Å². The lowest BCUT2D eigenvalue weighted by molar-refractivity contribution is 0.0888. The maximum Gasteiger partial charge on any atom is 0.274 e. The lowest BCUT2D eigenvalue weighted by Gasteiger charge is -2.55. The van der Waals surface area contributed by atoms with Gasteiger partial charge in [0.25, 0.3) is 11.5 Å². The molecule has 0 unspecified atom stereocenters. The summed E-state index contributed by atoms with van der Waals surface area (Å²) >= 11 is 6.16. The van der Waals surface area contributed by atoms with Gasteiger partial charge in [0.2, 0.25) is 0 Å². The van der Waals surface area contributed by atoms with Crippen LogP contribution < -0.4 is 30.1 Å². The van der Waals surface area contributed by atoms with Gasteiger partial charge in [-0.3, -0.25) is 9.59 Å². The maximum absolute atomic E-state index is 13.1. The third-order valence-electron chi connectivity index (χ3n) is 12.8. The first-order chi connectivity index (χ1) is 30.4. The molecule has 1 spiro atoms. The van der Waals surface area contributed by atoms with Gasteiger partial charge in [0.05, 0.1) is 27.3 Å². The number of anilines is 2. The van der Waals surface area contributed by atoms with Crippen LogP contribution >= 0.6 is 11.6 Å². The number of pyridine rings is 1. The van der Waals surface area contributed by atoms with Crippen molar-refractivity contribution in [2.75, 3.05) is 41.7 Å². The largest absolute Gasteiger partial charge is 0.490 e. The van der Waals surface area contributed by atoms with Gasteiger partial charge in [0.15, 0.2) is 21.3 Å². The first-order valence-corrected chi connectivity index (χ1v) is 23.3. The number of aromatic nitrogens is 4. The molecule has 3 fully saturated rings. The Labute approximate surface area is 370 Å². The third kappa shape index (κ3) is 8.57. The van der Waals surface area contributed by atoms with Gasteiger partial charge >= 0.3 is 0 Å². The number of sulfone groups is 1. The Hall–Kier alpha value is -6.37.